The second kappa shape index (κ2) is 9.89. The smallest absolute Gasteiger partial charge is 0.407 e. The Hall–Kier alpha value is -4.28. The number of methoxy groups -OCH3 is 1. The molecule has 3 unspecified atom stereocenters. The molecule has 2 N–H and O–H groups in total. The highest BCUT2D eigenvalue weighted by Crippen LogP contribution is 2.40. The van der Waals surface area contributed by atoms with Crippen molar-refractivity contribution in [1.82, 2.24) is 29.2 Å². The van der Waals surface area contributed by atoms with E-state index in [0.29, 0.717) is 29.4 Å². The molecule has 7 rings (SSSR count). The van der Waals surface area contributed by atoms with Gasteiger partial charge in [0.25, 0.3) is 5.91 Å². The second-order valence-electron chi connectivity index (χ2n) is 13.2. The summed E-state index contributed by atoms with van der Waals surface area (Å²) in [6.45, 7) is 8.31. The largest absolute Gasteiger partial charge is 0.493 e. The summed E-state index contributed by atoms with van der Waals surface area (Å²) in [5, 5.41) is 14.1. The summed E-state index contributed by atoms with van der Waals surface area (Å²) in [5.41, 5.74) is 3.85. The van der Waals surface area contributed by atoms with Crippen molar-refractivity contribution >= 4 is 28.7 Å². The number of nitrogens with one attached hydrogen (secondary N) is 1. The van der Waals surface area contributed by atoms with E-state index in [1.807, 2.05) is 49.1 Å². The summed E-state index contributed by atoms with van der Waals surface area (Å²) in [4.78, 5) is 37.9. The van der Waals surface area contributed by atoms with Gasteiger partial charge in [0, 0.05) is 35.7 Å². The van der Waals surface area contributed by atoms with E-state index in [1.54, 1.807) is 19.2 Å². The Labute approximate surface area is 249 Å². The van der Waals surface area contributed by atoms with Crippen molar-refractivity contribution in [1.29, 1.82) is 0 Å². The SMILES string of the molecule is COc1cc(C(=O)N2C3CCC2C(NC(=O)OC(C)(C)C)C3)cc2nc(-c3cc4ccc(O)nc4n3CC3CC3)c(C)n12. The molecule has 2 aliphatic heterocycles. The summed E-state index contributed by atoms with van der Waals surface area (Å²) in [7, 11) is 1.60. The molecule has 3 aliphatic rings. The molecule has 6 heterocycles. The van der Waals surface area contributed by atoms with Gasteiger partial charge in [0.05, 0.1) is 30.6 Å². The molecule has 1 saturated carbocycles. The zero-order chi connectivity index (χ0) is 30.2. The number of fused-ring (bicyclic) bond motifs is 4. The fraction of sp³-hybridized carbons (Fsp3) is 0.500. The minimum absolute atomic E-state index is 0.00911. The number of amides is 2. The number of carbonyl (C=O) groups is 2. The molecular formula is C32H38N6O5. The molecule has 0 aromatic carbocycles. The Balaban J connectivity index is 1.23. The molecule has 3 fully saturated rings. The number of hydrogen-bond donors (Lipinski definition) is 2. The molecule has 11 heteroatoms. The van der Waals surface area contributed by atoms with Crippen molar-refractivity contribution in [2.75, 3.05) is 7.11 Å². The lowest BCUT2D eigenvalue weighted by Gasteiger charge is -2.27. The van der Waals surface area contributed by atoms with Crippen molar-refractivity contribution in [2.24, 2.45) is 5.92 Å². The molecule has 4 aromatic rings. The van der Waals surface area contributed by atoms with E-state index in [1.165, 1.54) is 12.8 Å². The van der Waals surface area contributed by atoms with Gasteiger partial charge >= 0.3 is 6.09 Å². The molecule has 2 amide bonds. The summed E-state index contributed by atoms with van der Waals surface area (Å²) < 4.78 is 15.4. The minimum Gasteiger partial charge on any atom is -0.493 e. The molecule has 4 aromatic heterocycles. The molecule has 2 saturated heterocycles. The van der Waals surface area contributed by atoms with Crippen LogP contribution >= 0.6 is 0 Å². The summed E-state index contributed by atoms with van der Waals surface area (Å²) in [6.07, 6.45) is 4.34. The van der Waals surface area contributed by atoms with Crippen LogP contribution in [0.2, 0.25) is 0 Å². The maximum Gasteiger partial charge on any atom is 0.407 e. The van der Waals surface area contributed by atoms with Crippen LogP contribution in [-0.2, 0) is 11.3 Å². The van der Waals surface area contributed by atoms with Crippen molar-refractivity contribution < 1.29 is 24.2 Å². The van der Waals surface area contributed by atoms with E-state index in [-0.39, 0.29) is 29.9 Å². The van der Waals surface area contributed by atoms with Gasteiger partial charge in [-0.2, -0.15) is 4.98 Å². The van der Waals surface area contributed by atoms with Gasteiger partial charge < -0.3 is 29.4 Å². The van der Waals surface area contributed by atoms with E-state index in [4.69, 9.17) is 14.5 Å². The monoisotopic (exact) mass is 586 g/mol. The Morgan fingerprint density at radius 1 is 1.09 bits per heavy atom. The average Bonchev–Trinajstić information content (AvgIpc) is 3.26. The second-order valence-corrected chi connectivity index (χ2v) is 13.2. The molecule has 2 bridgehead atoms. The predicted molar refractivity (Wildman–Crippen MR) is 160 cm³/mol. The predicted octanol–water partition coefficient (Wildman–Crippen LogP) is 5.05. The number of aromatic nitrogens is 4. The third-order valence-corrected chi connectivity index (χ3v) is 8.96. The first kappa shape index (κ1) is 27.5. The fourth-order valence-electron chi connectivity index (χ4n) is 6.92. The number of aromatic hydroxyl groups is 1. The quantitative estimate of drug-likeness (QED) is 0.324. The number of hydrogen-bond acceptors (Lipinski definition) is 7. The van der Waals surface area contributed by atoms with Gasteiger partial charge in [0.15, 0.2) is 5.88 Å². The van der Waals surface area contributed by atoms with Crippen molar-refractivity contribution in [2.45, 2.75) is 90.1 Å². The third-order valence-electron chi connectivity index (χ3n) is 8.96. The fourth-order valence-corrected chi connectivity index (χ4v) is 6.92. The number of alkyl carbamates (subject to hydrolysis) is 1. The van der Waals surface area contributed by atoms with Gasteiger partial charge in [-0.1, -0.05) is 0 Å². The van der Waals surface area contributed by atoms with Gasteiger partial charge in [-0.15, -0.1) is 0 Å². The number of imidazole rings is 1. The van der Waals surface area contributed by atoms with E-state index in [2.05, 4.69) is 20.9 Å². The Bertz CT molecular complexity index is 1760. The van der Waals surface area contributed by atoms with Crippen LogP contribution in [0.3, 0.4) is 0 Å². The average molecular weight is 587 g/mol. The van der Waals surface area contributed by atoms with E-state index in [0.717, 1.165) is 47.5 Å². The van der Waals surface area contributed by atoms with Crippen molar-refractivity contribution in [3.63, 3.8) is 0 Å². The number of pyridine rings is 2. The number of rotatable bonds is 6. The lowest BCUT2D eigenvalue weighted by Crippen LogP contribution is -2.46. The van der Waals surface area contributed by atoms with Crippen LogP contribution in [0.15, 0.2) is 30.3 Å². The highest BCUT2D eigenvalue weighted by Gasteiger charge is 2.49. The van der Waals surface area contributed by atoms with Crippen LogP contribution in [0.5, 0.6) is 11.8 Å². The first-order valence-electron chi connectivity index (χ1n) is 15.1. The molecular weight excluding hydrogens is 548 g/mol. The molecule has 11 nitrogen and oxygen atoms in total. The van der Waals surface area contributed by atoms with E-state index < -0.39 is 11.7 Å². The Morgan fingerprint density at radius 3 is 2.60 bits per heavy atom. The van der Waals surface area contributed by atoms with E-state index >= 15 is 0 Å². The zero-order valence-electron chi connectivity index (χ0n) is 25.3. The van der Waals surface area contributed by atoms with Crippen molar-refractivity contribution in [3.8, 4) is 23.1 Å². The van der Waals surface area contributed by atoms with Gasteiger partial charge in [-0.05, 0) is 83.9 Å². The van der Waals surface area contributed by atoms with Crippen LogP contribution < -0.4 is 10.1 Å². The zero-order valence-corrected chi connectivity index (χ0v) is 25.3. The summed E-state index contributed by atoms with van der Waals surface area (Å²) in [5.74, 6) is 1.00. The first-order chi connectivity index (χ1) is 20.5. The van der Waals surface area contributed by atoms with E-state index in [9.17, 15) is 14.7 Å². The molecule has 1 aliphatic carbocycles. The maximum absolute atomic E-state index is 14.0. The topological polar surface area (TPSA) is 123 Å². The summed E-state index contributed by atoms with van der Waals surface area (Å²) in [6, 6.07) is 8.97. The van der Waals surface area contributed by atoms with Crippen LogP contribution in [0, 0.1) is 12.8 Å². The minimum atomic E-state index is -0.588. The Morgan fingerprint density at radius 2 is 1.88 bits per heavy atom. The Kier molecular flexibility index (Phi) is 6.33. The molecule has 3 atom stereocenters. The van der Waals surface area contributed by atoms with Gasteiger partial charge in [-0.3, -0.25) is 9.20 Å². The number of aryl methyl sites for hydroxylation is 1. The van der Waals surface area contributed by atoms with Gasteiger partial charge in [0.2, 0.25) is 5.88 Å². The number of nitrogens with zero attached hydrogens (tertiary/aromatic N) is 5. The maximum atomic E-state index is 14.0. The van der Waals surface area contributed by atoms with Crippen LogP contribution in [0.4, 0.5) is 4.79 Å². The standard InChI is InChI=1S/C32H38N6O5/c1-17-28(24-12-19-8-11-26(39)35-29(19)36(24)16-18-6-7-18)34-25-13-20(14-27(42-5)37(17)25)30(40)38-21-9-10-23(38)22(15-21)33-31(41)43-32(2,3)4/h8,11-14,18,21-23H,6-7,9-10,15-16H2,1-5H3,(H,33,41)(H,35,39). The highest BCUT2D eigenvalue weighted by atomic mass is 16.6. The molecule has 0 radical (unpaired) electrons. The van der Waals surface area contributed by atoms with Crippen LogP contribution in [0.1, 0.15) is 68.9 Å². The van der Waals surface area contributed by atoms with Crippen LogP contribution in [0.25, 0.3) is 28.1 Å². The lowest BCUT2D eigenvalue weighted by molar-refractivity contribution is 0.0484. The third kappa shape index (κ3) is 4.84. The number of ether oxygens (including phenoxy) is 2. The lowest BCUT2D eigenvalue weighted by atomic mass is 9.96. The number of carbonyl (C=O) groups excluding carboxylic acids is 2. The normalized spacial score (nSPS) is 21.6. The molecule has 0 spiro atoms. The van der Waals surface area contributed by atoms with Gasteiger partial charge in [0.1, 0.15) is 22.6 Å². The van der Waals surface area contributed by atoms with Crippen LogP contribution in [-0.4, -0.2) is 71.8 Å². The first-order valence-corrected chi connectivity index (χ1v) is 15.1. The molecule has 43 heavy (non-hydrogen) atoms. The highest BCUT2D eigenvalue weighted by molar-refractivity contribution is 5.97. The van der Waals surface area contributed by atoms with Gasteiger partial charge in [-0.25, -0.2) is 9.78 Å². The summed E-state index contributed by atoms with van der Waals surface area (Å²) >= 11 is 0. The van der Waals surface area contributed by atoms with Crippen molar-refractivity contribution in [3.05, 3.63) is 41.6 Å². The molecule has 226 valence electrons.